The van der Waals surface area contributed by atoms with Crippen LogP contribution < -0.4 is 16.3 Å². The van der Waals surface area contributed by atoms with Gasteiger partial charge in [0.2, 0.25) is 11.9 Å². The zero-order valence-electron chi connectivity index (χ0n) is 17.9. The molecule has 0 atom stereocenters. The van der Waals surface area contributed by atoms with Gasteiger partial charge in [-0.2, -0.15) is 0 Å². The molecule has 0 fully saturated rings. The van der Waals surface area contributed by atoms with Crippen molar-refractivity contribution < 1.29 is 4.79 Å². The second kappa shape index (κ2) is 8.06. The van der Waals surface area contributed by atoms with E-state index in [0.29, 0.717) is 23.0 Å². The molecule has 0 saturated carbocycles. The molecule has 0 saturated heterocycles. The number of carbonyl (C=O) groups excluding carboxylic acids is 1. The summed E-state index contributed by atoms with van der Waals surface area (Å²) in [5, 5.41) is 10.3. The number of hydrogen-bond acceptors (Lipinski definition) is 5. The molecule has 2 aromatic carbocycles. The maximum Gasteiger partial charge on any atom is 0.353 e. The Bertz CT molecular complexity index is 1310. The standard InChI is InChI=1S/C23H24N6O2/c1-14-5-7-18(8-6-14)25-21(30)13-28-23(31)29-20(27-28)12-17(4)24-22(29)26-19-10-15(2)9-16(3)11-19/h5-12H,13H2,1-4H3,(H,24,26)(H,25,30). The summed E-state index contributed by atoms with van der Waals surface area (Å²) < 4.78 is 2.52. The lowest BCUT2D eigenvalue weighted by atomic mass is 10.1. The highest BCUT2D eigenvalue weighted by Gasteiger charge is 2.15. The second-order valence-electron chi connectivity index (χ2n) is 7.77. The number of aromatic nitrogens is 4. The van der Waals surface area contributed by atoms with Crippen LogP contribution in [0.1, 0.15) is 22.4 Å². The molecule has 4 rings (SSSR count). The molecule has 0 aliphatic rings. The van der Waals surface area contributed by atoms with E-state index in [9.17, 15) is 9.59 Å². The van der Waals surface area contributed by atoms with Crippen LogP contribution in [0, 0.1) is 27.7 Å². The summed E-state index contributed by atoms with van der Waals surface area (Å²) in [7, 11) is 0. The minimum absolute atomic E-state index is 0.198. The summed E-state index contributed by atoms with van der Waals surface area (Å²) >= 11 is 0. The minimum atomic E-state index is -0.437. The van der Waals surface area contributed by atoms with Crippen LogP contribution >= 0.6 is 0 Å². The quantitative estimate of drug-likeness (QED) is 0.519. The maximum atomic E-state index is 13.0. The molecule has 4 aromatic rings. The van der Waals surface area contributed by atoms with Crippen molar-refractivity contribution in [1.82, 2.24) is 19.2 Å². The minimum Gasteiger partial charge on any atom is -0.325 e. The van der Waals surface area contributed by atoms with Crippen molar-refractivity contribution in [2.45, 2.75) is 34.2 Å². The van der Waals surface area contributed by atoms with E-state index in [-0.39, 0.29) is 12.5 Å². The van der Waals surface area contributed by atoms with Crippen molar-refractivity contribution in [1.29, 1.82) is 0 Å². The molecule has 2 aromatic heterocycles. The largest absolute Gasteiger partial charge is 0.353 e. The normalized spacial score (nSPS) is 11.0. The Morgan fingerprint density at radius 1 is 0.903 bits per heavy atom. The van der Waals surface area contributed by atoms with E-state index in [1.165, 1.54) is 4.40 Å². The van der Waals surface area contributed by atoms with Gasteiger partial charge >= 0.3 is 5.69 Å². The summed E-state index contributed by atoms with van der Waals surface area (Å²) in [5.41, 5.74) is 5.49. The molecule has 0 bridgehead atoms. The number of carbonyl (C=O) groups is 1. The number of anilines is 3. The molecule has 0 aliphatic carbocycles. The molecule has 31 heavy (non-hydrogen) atoms. The van der Waals surface area contributed by atoms with Gasteiger partial charge in [0.25, 0.3) is 0 Å². The summed E-state index contributed by atoms with van der Waals surface area (Å²) in [5.74, 6) is 0.0260. The van der Waals surface area contributed by atoms with E-state index in [2.05, 4.69) is 26.8 Å². The first-order valence-electron chi connectivity index (χ1n) is 9.97. The van der Waals surface area contributed by atoms with Crippen LogP contribution in [0.5, 0.6) is 0 Å². The van der Waals surface area contributed by atoms with Gasteiger partial charge in [0, 0.05) is 23.1 Å². The van der Waals surface area contributed by atoms with Crippen LogP contribution in [0.15, 0.2) is 53.3 Å². The molecule has 0 spiro atoms. The third-order valence-corrected chi connectivity index (χ3v) is 4.80. The van der Waals surface area contributed by atoms with Crippen molar-refractivity contribution in [2.75, 3.05) is 10.6 Å². The number of aryl methyl sites for hydroxylation is 4. The summed E-state index contributed by atoms with van der Waals surface area (Å²) in [4.78, 5) is 30.0. The highest BCUT2D eigenvalue weighted by molar-refractivity contribution is 5.90. The van der Waals surface area contributed by atoms with Gasteiger partial charge in [0.05, 0.1) is 0 Å². The first-order chi connectivity index (χ1) is 14.8. The number of benzene rings is 2. The molecule has 158 valence electrons. The number of nitrogens with zero attached hydrogens (tertiary/aromatic N) is 4. The smallest absolute Gasteiger partial charge is 0.325 e. The van der Waals surface area contributed by atoms with E-state index in [0.717, 1.165) is 27.1 Å². The fourth-order valence-corrected chi connectivity index (χ4v) is 3.49. The Morgan fingerprint density at radius 2 is 1.58 bits per heavy atom. The van der Waals surface area contributed by atoms with Gasteiger partial charge < -0.3 is 10.6 Å². The van der Waals surface area contributed by atoms with E-state index < -0.39 is 5.69 Å². The average molecular weight is 416 g/mol. The molecule has 2 N–H and O–H groups in total. The van der Waals surface area contributed by atoms with E-state index >= 15 is 0 Å². The molecule has 0 aliphatic heterocycles. The van der Waals surface area contributed by atoms with Crippen molar-refractivity contribution in [3.8, 4) is 0 Å². The van der Waals surface area contributed by atoms with Gasteiger partial charge in [-0.05, 0) is 63.1 Å². The SMILES string of the molecule is Cc1ccc(NC(=O)Cn2nc3cc(C)nc(Nc4cc(C)cc(C)c4)n3c2=O)cc1. The predicted octanol–water partition coefficient (Wildman–Crippen LogP) is 3.51. The van der Waals surface area contributed by atoms with Crippen LogP contribution in [0.25, 0.3) is 5.65 Å². The maximum absolute atomic E-state index is 13.0. The first-order valence-corrected chi connectivity index (χ1v) is 9.97. The highest BCUT2D eigenvalue weighted by atomic mass is 16.2. The van der Waals surface area contributed by atoms with Gasteiger partial charge in [0.15, 0.2) is 5.65 Å². The zero-order valence-corrected chi connectivity index (χ0v) is 17.9. The fourth-order valence-electron chi connectivity index (χ4n) is 3.49. The lowest BCUT2D eigenvalue weighted by Gasteiger charge is -2.09. The molecule has 2 heterocycles. The van der Waals surface area contributed by atoms with Gasteiger partial charge in [-0.1, -0.05) is 23.8 Å². The molecule has 0 radical (unpaired) electrons. The Morgan fingerprint density at radius 3 is 2.26 bits per heavy atom. The first kappa shape index (κ1) is 20.3. The van der Waals surface area contributed by atoms with Crippen LogP contribution in [-0.4, -0.2) is 25.1 Å². The summed E-state index contributed by atoms with van der Waals surface area (Å²) in [6, 6.07) is 15.2. The molecule has 8 nitrogen and oxygen atoms in total. The lowest BCUT2D eigenvalue weighted by molar-refractivity contribution is -0.117. The topological polar surface area (TPSA) is 93.3 Å². The monoisotopic (exact) mass is 416 g/mol. The van der Waals surface area contributed by atoms with Gasteiger partial charge in [0.1, 0.15) is 6.54 Å². The molecule has 8 heteroatoms. The number of nitrogens with one attached hydrogen (secondary N) is 2. The lowest BCUT2D eigenvalue weighted by Crippen LogP contribution is -2.29. The van der Waals surface area contributed by atoms with Gasteiger partial charge in [-0.15, -0.1) is 5.10 Å². The zero-order chi connectivity index (χ0) is 22.1. The van der Waals surface area contributed by atoms with Crippen LogP contribution in [0.4, 0.5) is 17.3 Å². The number of hydrogen-bond donors (Lipinski definition) is 2. The number of amides is 1. The average Bonchev–Trinajstić information content (AvgIpc) is 2.98. The molecular formula is C23H24N6O2. The predicted molar refractivity (Wildman–Crippen MR) is 121 cm³/mol. The third-order valence-electron chi connectivity index (χ3n) is 4.80. The molecule has 1 amide bonds. The second-order valence-corrected chi connectivity index (χ2v) is 7.77. The van der Waals surface area contributed by atoms with Crippen LogP contribution in [-0.2, 0) is 11.3 Å². The summed E-state index contributed by atoms with van der Waals surface area (Å²) in [6.45, 7) is 7.63. The Labute approximate surface area is 179 Å². The fraction of sp³-hybridized carbons (Fsp3) is 0.217. The van der Waals surface area contributed by atoms with Crippen molar-refractivity contribution in [3.05, 3.63) is 81.4 Å². The number of rotatable bonds is 5. The Hall–Kier alpha value is -3.94. The van der Waals surface area contributed by atoms with Crippen LogP contribution in [0.3, 0.4) is 0 Å². The van der Waals surface area contributed by atoms with Crippen molar-refractivity contribution >= 4 is 28.9 Å². The van der Waals surface area contributed by atoms with E-state index in [1.807, 2.05) is 64.1 Å². The van der Waals surface area contributed by atoms with Gasteiger partial charge in [-0.25, -0.2) is 18.9 Å². The van der Waals surface area contributed by atoms with Crippen LogP contribution in [0.2, 0.25) is 0 Å². The summed E-state index contributed by atoms with van der Waals surface area (Å²) in [6.07, 6.45) is 0. The van der Waals surface area contributed by atoms with Crippen molar-refractivity contribution in [3.63, 3.8) is 0 Å². The number of fused-ring (bicyclic) bond motifs is 1. The Balaban J connectivity index is 1.65. The highest BCUT2D eigenvalue weighted by Crippen LogP contribution is 2.19. The molecular weight excluding hydrogens is 392 g/mol. The van der Waals surface area contributed by atoms with E-state index in [4.69, 9.17) is 0 Å². The Kier molecular flexibility index (Phi) is 5.29. The van der Waals surface area contributed by atoms with Crippen molar-refractivity contribution in [2.24, 2.45) is 0 Å². The third kappa shape index (κ3) is 4.48. The van der Waals surface area contributed by atoms with Gasteiger partial charge in [-0.3, -0.25) is 4.79 Å². The molecule has 0 unspecified atom stereocenters. The van der Waals surface area contributed by atoms with E-state index in [1.54, 1.807) is 6.07 Å².